The van der Waals surface area contributed by atoms with E-state index in [1.165, 1.54) is 14.2 Å². The lowest BCUT2D eigenvalue weighted by atomic mass is 9.85. The molecule has 0 bridgehead atoms. The number of hydrogen-bond donors (Lipinski definition) is 1. The van der Waals surface area contributed by atoms with Crippen molar-refractivity contribution in [3.05, 3.63) is 41.2 Å². The zero-order valence-electron chi connectivity index (χ0n) is 19.5. The van der Waals surface area contributed by atoms with E-state index in [0.717, 1.165) is 35.0 Å². The van der Waals surface area contributed by atoms with Gasteiger partial charge in [0.25, 0.3) is 5.91 Å². The minimum atomic E-state index is -0.921. The number of aryl methyl sites for hydroxylation is 1. The number of hydrogen-bond acceptors (Lipinski definition) is 6. The summed E-state index contributed by atoms with van der Waals surface area (Å²) in [6.07, 6.45) is 1.58. The Balaban J connectivity index is 0.00000141. The molecule has 172 valence electrons. The number of piperidine rings is 1. The monoisotopic (exact) mass is 442 g/mol. The maximum Gasteiger partial charge on any atom is 0.318 e. The number of carbonyl (C=O) groups excluding carboxylic acids is 1. The van der Waals surface area contributed by atoms with Crippen LogP contribution in [0.25, 0.3) is 16.7 Å². The third kappa shape index (κ3) is 4.57. The van der Waals surface area contributed by atoms with E-state index in [1.807, 2.05) is 44.9 Å². The SMILES string of the molecule is CC.CNC(=O)c1cc(-n2ncc3cc(C)c(C4CCN(C)CC4F)cc32)nc(OC)n1. The fourth-order valence-corrected chi connectivity index (χ4v) is 4.05. The number of fused-ring (bicyclic) bond motifs is 1. The highest BCUT2D eigenvalue weighted by atomic mass is 19.1. The van der Waals surface area contributed by atoms with Gasteiger partial charge in [-0.15, -0.1) is 0 Å². The lowest BCUT2D eigenvalue weighted by Crippen LogP contribution is -2.38. The van der Waals surface area contributed by atoms with Crippen molar-refractivity contribution >= 4 is 16.8 Å². The van der Waals surface area contributed by atoms with E-state index in [2.05, 4.69) is 20.4 Å². The summed E-state index contributed by atoms with van der Waals surface area (Å²) >= 11 is 0. The predicted octanol–water partition coefficient (Wildman–Crippen LogP) is 3.28. The van der Waals surface area contributed by atoms with Gasteiger partial charge >= 0.3 is 6.01 Å². The minimum Gasteiger partial charge on any atom is -0.467 e. The first-order valence-electron chi connectivity index (χ1n) is 10.9. The highest BCUT2D eigenvalue weighted by molar-refractivity contribution is 5.92. The molecule has 4 rings (SSSR count). The predicted molar refractivity (Wildman–Crippen MR) is 122 cm³/mol. The molecule has 1 aliphatic rings. The third-order valence-corrected chi connectivity index (χ3v) is 5.65. The molecule has 1 aliphatic heterocycles. The third-order valence-electron chi connectivity index (χ3n) is 5.65. The lowest BCUT2D eigenvalue weighted by molar-refractivity contribution is 0.0957. The first kappa shape index (κ1) is 23.6. The van der Waals surface area contributed by atoms with Crippen molar-refractivity contribution in [2.45, 2.75) is 39.3 Å². The largest absolute Gasteiger partial charge is 0.467 e. The van der Waals surface area contributed by atoms with Crippen molar-refractivity contribution in [3.63, 3.8) is 0 Å². The molecular weight excluding hydrogens is 411 g/mol. The summed E-state index contributed by atoms with van der Waals surface area (Å²) in [6, 6.07) is 5.65. The molecule has 9 heteroatoms. The van der Waals surface area contributed by atoms with Crippen molar-refractivity contribution in [2.24, 2.45) is 0 Å². The van der Waals surface area contributed by atoms with Gasteiger partial charge in [-0.25, -0.2) is 9.07 Å². The lowest BCUT2D eigenvalue weighted by Gasteiger charge is -2.33. The minimum absolute atomic E-state index is 0.0706. The van der Waals surface area contributed by atoms with Gasteiger partial charge in [0, 0.05) is 31.0 Å². The summed E-state index contributed by atoms with van der Waals surface area (Å²) in [6.45, 7) is 7.30. The Kier molecular flexibility index (Phi) is 7.40. The van der Waals surface area contributed by atoms with E-state index in [1.54, 1.807) is 16.9 Å². The average Bonchev–Trinajstić information content (AvgIpc) is 3.21. The van der Waals surface area contributed by atoms with Crippen LogP contribution in [0, 0.1) is 6.92 Å². The molecule has 3 heterocycles. The second-order valence-corrected chi connectivity index (χ2v) is 7.67. The van der Waals surface area contributed by atoms with Gasteiger partial charge in [0.1, 0.15) is 11.9 Å². The molecule has 1 fully saturated rings. The van der Waals surface area contributed by atoms with Gasteiger partial charge in [0.2, 0.25) is 0 Å². The molecule has 2 atom stereocenters. The van der Waals surface area contributed by atoms with Gasteiger partial charge in [-0.1, -0.05) is 13.8 Å². The summed E-state index contributed by atoms with van der Waals surface area (Å²) in [4.78, 5) is 22.6. The van der Waals surface area contributed by atoms with Crippen molar-refractivity contribution in [2.75, 3.05) is 34.3 Å². The average molecular weight is 443 g/mol. The quantitative estimate of drug-likeness (QED) is 0.668. The Morgan fingerprint density at radius 3 is 2.66 bits per heavy atom. The number of amides is 1. The van der Waals surface area contributed by atoms with E-state index in [-0.39, 0.29) is 23.5 Å². The number of likely N-dealkylation sites (tertiary alicyclic amines) is 1. The van der Waals surface area contributed by atoms with Crippen LogP contribution in [-0.2, 0) is 0 Å². The Morgan fingerprint density at radius 2 is 2.00 bits per heavy atom. The number of methoxy groups -OCH3 is 1. The molecule has 8 nitrogen and oxygen atoms in total. The van der Waals surface area contributed by atoms with Crippen LogP contribution in [0.15, 0.2) is 24.4 Å². The first-order chi connectivity index (χ1) is 15.4. The van der Waals surface area contributed by atoms with Crippen LogP contribution in [0.1, 0.15) is 47.8 Å². The smallest absolute Gasteiger partial charge is 0.318 e. The maximum absolute atomic E-state index is 14.8. The summed E-state index contributed by atoms with van der Waals surface area (Å²) < 4.78 is 21.6. The van der Waals surface area contributed by atoms with E-state index < -0.39 is 6.17 Å². The van der Waals surface area contributed by atoms with Crippen LogP contribution < -0.4 is 10.1 Å². The number of nitrogens with one attached hydrogen (secondary N) is 1. The van der Waals surface area contributed by atoms with Crippen LogP contribution in [0.3, 0.4) is 0 Å². The number of aromatic nitrogens is 4. The number of ether oxygens (including phenoxy) is 1. The van der Waals surface area contributed by atoms with Crippen LogP contribution in [0.2, 0.25) is 0 Å². The van der Waals surface area contributed by atoms with E-state index in [0.29, 0.717) is 12.4 Å². The van der Waals surface area contributed by atoms with Crippen molar-refractivity contribution in [3.8, 4) is 11.8 Å². The zero-order chi connectivity index (χ0) is 23.4. The van der Waals surface area contributed by atoms with Crippen LogP contribution in [-0.4, -0.2) is 71.0 Å². The number of rotatable bonds is 4. The second-order valence-electron chi connectivity index (χ2n) is 7.67. The number of nitrogens with zero attached hydrogens (tertiary/aromatic N) is 5. The summed E-state index contributed by atoms with van der Waals surface area (Å²) in [5.41, 5.74) is 3.00. The van der Waals surface area contributed by atoms with E-state index in [4.69, 9.17) is 4.74 Å². The van der Waals surface area contributed by atoms with Crippen LogP contribution >= 0.6 is 0 Å². The molecule has 2 aromatic heterocycles. The molecular formula is C23H31FN6O2. The van der Waals surface area contributed by atoms with Crippen LogP contribution in [0.4, 0.5) is 4.39 Å². The maximum atomic E-state index is 14.8. The van der Waals surface area contributed by atoms with Crippen molar-refractivity contribution in [1.29, 1.82) is 0 Å². The molecule has 1 N–H and O–H groups in total. The Morgan fingerprint density at radius 1 is 1.25 bits per heavy atom. The molecule has 1 saturated heterocycles. The van der Waals surface area contributed by atoms with E-state index in [9.17, 15) is 9.18 Å². The summed E-state index contributed by atoms with van der Waals surface area (Å²) in [7, 11) is 4.92. The van der Waals surface area contributed by atoms with Gasteiger partial charge < -0.3 is 15.0 Å². The zero-order valence-corrected chi connectivity index (χ0v) is 19.5. The molecule has 0 radical (unpaired) electrons. The fraction of sp³-hybridized carbons (Fsp3) is 0.478. The molecule has 2 unspecified atom stereocenters. The first-order valence-corrected chi connectivity index (χ1v) is 10.9. The highest BCUT2D eigenvalue weighted by Gasteiger charge is 2.30. The Labute approximate surface area is 187 Å². The molecule has 1 amide bonds. The van der Waals surface area contributed by atoms with Crippen molar-refractivity contribution in [1.82, 2.24) is 30.0 Å². The van der Waals surface area contributed by atoms with Gasteiger partial charge in [0.15, 0.2) is 5.82 Å². The molecule has 0 saturated carbocycles. The molecule has 32 heavy (non-hydrogen) atoms. The van der Waals surface area contributed by atoms with Crippen LogP contribution in [0.5, 0.6) is 6.01 Å². The number of alkyl halides is 1. The van der Waals surface area contributed by atoms with Crippen molar-refractivity contribution < 1.29 is 13.9 Å². The fourth-order valence-electron chi connectivity index (χ4n) is 4.05. The summed E-state index contributed by atoms with van der Waals surface area (Å²) in [5, 5.41) is 7.93. The molecule has 0 aliphatic carbocycles. The Bertz CT molecular complexity index is 1100. The standard InChI is InChI=1S/C21H25FN6O2.C2H6/c1-12-7-13-10-24-28(19-9-17(20(29)23-2)25-21(26-19)30-4)18(13)8-15(12)14-5-6-27(3)11-16(14)22;1-2/h7-10,14,16H,5-6,11H2,1-4H3,(H,23,29);1-2H3. The second kappa shape index (κ2) is 10.0. The van der Waals surface area contributed by atoms with Gasteiger partial charge in [-0.3, -0.25) is 4.79 Å². The van der Waals surface area contributed by atoms with Gasteiger partial charge in [-0.2, -0.15) is 15.1 Å². The summed E-state index contributed by atoms with van der Waals surface area (Å²) in [5.74, 6) is -0.0997. The van der Waals surface area contributed by atoms with Gasteiger partial charge in [-0.05, 0) is 50.2 Å². The molecule has 1 aromatic carbocycles. The van der Waals surface area contributed by atoms with Gasteiger partial charge in [0.05, 0.1) is 18.8 Å². The molecule has 0 spiro atoms. The number of carbonyl (C=O) groups is 1. The van der Waals surface area contributed by atoms with E-state index >= 15 is 0 Å². The topological polar surface area (TPSA) is 85.2 Å². The Hall–Kier alpha value is -3.07. The molecule has 3 aromatic rings. The number of benzene rings is 1. The highest BCUT2D eigenvalue weighted by Crippen LogP contribution is 2.34. The number of halogens is 1. The normalized spacial score (nSPS) is 18.7.